The average Bonchev–Trinajstić information content (AvgIpc) is 1.83. The zero-order valence-electron chi connectivity index (χ0n) is 5.77. The molecule has 0 aliphatic heterocycles. The summed E-state index contributed by atoms with van der Waals surface area (Å²) in [5.74, 6) is 0. The van der Waals surface area contributed by atoms with Crippen LogP contribution >= 0.6 is 0 Å². The molecule has 0 aliphatic rings. The number of carbonyl (C=O) groups excluding carboxylic acids is 1. The average molecular weight is 128 g/mol. The molecule has 0 bridgehead atoms. The fourth-order valence-electron chi connectivity index (χ4n) is 0.329. The molecular weight excluding hydrogens is 116 g/mol. The maximum atomic E-state index is 10.1. The van der Waals surface area contributed by atoms with E-state index in [0.717, 1.165) is 5.57 Å². The van der Waals surface area contributed by atoms with Gasteiger partial charge in [0.05, 0.1) is 0 Å². The van der Waals surface area contributed by atoms with Gasteiger partial charge in [-0.3, -0.25) is 0 Å². The Kier molecular flexibility index (Phi) is 3.51. The monoisotopic (exact) mass is 128 g/mol. The topological polar surface area (TPSA) is 55.1 Å². The number of primary amides is 1. The minimum atomic E-state index is -0.476. The van der Waals surface area contributed by atoms with Crippen molar-refractivity contribution in [3.8, 4) is 0 Å². The van der Waals surface area contributed by atoms with E-state index in [4.69, 9.17) is 5.73 Å². The second-order valence-electron chi connectivity index (χ2n) is 1.85. The SMILES string of the molecule is CC=C(C)CNC(N)=O. The van der Waals surface area contributed by atoms with E-state index in [2.05, 4.69) is 5.32 Å². The molecule has 9 heavy (non-hydrogen) atoms. The standard InChI is InChI=1S/C6H12N2O/c1-3-5(2)4-8-6(7)9/h3H,4H2,1-2H3,(H3,7,8,9). The van der Waals surface area contributed by atoms with Crippen LogP contribution in [0.15, 0.2) is 11.6 Å². The van der Waals surface area contributed by atoms with Gasteiger partial charge in [-0.05, 0) is 13.8 Å². The first kappa shape index (κ1) is 8.01. The van der Waals surface area contributed by atoms with Crippen molar-refractivity contribution in [1.29, 1.82) is 0 Å². The molecule has 0 aromatic carbocycles. The normalized spacial score (nSPS) is 11.1. The predicted molar refractivity (Wildman–Crippen MR) is 37.0 cm³/mol. The highest BCUT2D eigenvalue weighted by molar-refractivity contribution is 5.71. The van der Waals surface area contributed by atoms with Crippen molar-refractivity contribution in [1.82, 2.24) is 5.32 Å². The van der Waals surface area contributed by atoms with Crippen molar-refractivity contribution in [3.05, 3.63) is 11.6 Å². The van der Waals surface area contributed by atoms with E-state index in [0.29, 0.717) is 6.54 Å². The summed E-state index contributed by atoms with van der Waals surface area (Å²) in [5, 5.41) is 2.47. The van der Waals surface area contributed by atoms with Gasteiger partial charge in [-0.1, -0.05) is 11.6 Å². The van der Waals surface area contributed by atoms with Gasteiger partial charge in [-0.25, -0.2) is 4.79 Å². The quantitative estimate of drug-likeness (QED) is 0.526. The molecule has 0 atom stereocenters. The lowest BCUT2D eigenvalue weighted by atomic mass is 10.3. The molecule has 0 heterocycles. The zero-order valence-corrected chi connectivity index (χ0v) is 5.77. The summed E-state index contributed by atoms with van der Waals surface area (Å²) in [5.41, 5.74) is 5.92. The molecule has 2 amide bonds. The molecule has 0 rings (SSSR count). The Morgan fingerprint density at radius 3 is 2.67 bits per heavy atom. The summed E-state index contributed by atoms with van der Waals surface area (Å²) in [6, 6.07) is -0.476. The van der Waals surface area contributed by atoms with E-state index in [-0.39, 0.29) is 0 Å². The lowest BCUT2D eigenvalue weighted by molar-refractivity contribution is 0.249. The number of amides is 2. The first-order chi connectivity index (χ1) is 4.16. The second kappa shape index (κ2) is 3.95. The number of allylic oxidation sites excluding steroid dienone is 1. The van der Waals surface area contributed by atoms with E-state index in [1.807, 2.05) is 19.9 Å². The van der Waals surface area contributed by atoms with Crippen LogP contribution in [0, 0.1) is 0 Å². The molecule has 0 aliphatic carbocycles. The van der Waals surface area contributed by atoms with Crippen LogP contribution in [0.2, 0.25) is 0 Å². The number of carbonyl (C=O) groups is 1. The molecule has 0 saturated heterocycles. The summed E-state index contributed by atoms with van der Waals surface area (Å²) in [7, 11) is 0. The molecule has 52 valence electrons. The van der Waals surface area contributed by atoms with E-state index < -0.39 is 6.03 Å². The first-order valence-electron chi connectivity index (χ1n) is 2.82. The Balaban J connectivity index is 3.39. The maximum Gasteiger partial charge on any atom is 0.312 e. The van der Waals surface area contributed by atoms with Gasteiger partial charge in [0, 0.05) is 6.54 Å². The number of hydrogen-bond acceptors (Lipinski definition) is 1. The number of rotatable bonds is 2. The van der Waals surface area contributed by atoms with Crippen molar-refractivity contribution in [2.24, 2.45) is 5.73 Å². The number of hydrogen-bond donors (Lipinski definition) is 2. The van der Waals surface area contributed by atoms with Crippen molar-refractivity contribution in [3.63, 3.8) is 0 Å². The van der Waals surface area contributed by atoms with Gasteiger partial charge in [0.2, 0.25) is 0 Å². The van der Waals surface area contributed by atoms with Crippen LogP contribution in [0.25, 0.3) is 0 Å². The fourth-order valence-corrected chi connectivity index (χ4v) is 0.329. The molecule has 0 radical (unpaired) electrons. The molecule has 0 aromatic heterocycles. The van der Waals surface area contributed by atoms with Crippen LogP contribution in [0.1, 0.15) is 13.8 Å². The van der Waals surface area contributed by atoms with Gasteiger partial charge in [-0.15, -0.1) is 0 Å². The minimum Gasteiger partial charge on any atom is -0.352 e. The first-order valence-corrected chi connectivity index (χ1v) is 2.82. The van der Waals surface area contributed by atoms with Crippen LogP contribution in [0.4, 0.5) is 4.79 Å². The van der Waals surface area contributed by atoms with Gasteiger partial charge >= 0.3 is 6.03 Å². The van der Waals surface area contributed by atoms with Crippen molar-refractivity contribution < 1.29 is 4.79 Å². The summed E-state index contributed by atoms with van der Waals surface area (Å²) in [6.07, 6.45) is 1.93. The lowest BCUT2D eigenvalue weighted by Crippen LogP contribution is -2.30. The summed E-state index contributed by atoms with van der Waals surface area (Å²) < 4.78 is 0. The lowest BCUT2D eigenvalue weighted by Gasteiger charge is -1.98. The Morgan fingerprint density at radius 1 is 1.78 bits per heavy atom. The molecular formula is C6H12N2O. The van der Waals surface area contributed by atoms with E-state index >= 15 is 0 Å². The largest absolute Gasteiger partial charge is 0.352 e. The Labute approximate surface area is 54.9 Å². The Morgan fingerprint density at radius 2 is 2.33 bits per heavy atom. The van der Waals surface area contributed by atoms with Gasteiger partial charge in [0.25, 0.3) is 0 Å². The highest BCUT2D eigenvalue weighted by Crippen LogP contribution is 1.85. The molecule has 3 nitrogen and oxygen atoms in total. The molecule has 3 heteroatoms. The van der Waals surface area contributed by atoms with Crippen LogP contribution in [-0.4, -0.2) is 12.6 Å². The minimum absolute atomic E-state index is 0.476. The fraction of sp³-hybridized carbons (Fsp3) is 0.500. The predicted octanol–water partition coefficient (Wildman–Crippen LogP) is 0.621. The van der Waals surface area contributed by atoms with Crippen LogP contribution in [0.5, 0.6) is 0 Å². The highest BCUT2D eigenvalue weighted by atomic mass is 16.2. The molecule has 0 spiro atoms. The van der Waals surface area contributed by atoms with Crippen molar-refractivity contribution in [2.45, 2.75) is 13.8 Å². The van der Waals surface area contributed by atoms with Gasteiger partial charge in [-0.2, -0.15) is 0 Å². The molecule has 3 N–H and O–H groups in total. The molecule has 0 unspecified atom stereocenters. The van der Waals surface area contributed by atoms with Crippen LogP contribution in [-0.2, 0) is 0 Å². The zero-order chi connectivity index (χ0) is 7.28. The molecule has 0 aromatic rings. The molecule has 0 fully saturated rings. The van der Waals surface area contributed by atoms with E-state index in [9.17, 15) is 4.79 Å². The smallest absolute Gasteiger partial charge is 0.312 e. The van der Waals surface area contributed by atoms with Crippen molar-refractivity contribution in [2.75, 3.05) is 6.54 Å². The Bertz CT molecular complexity index is 129. The molecule has 0 saturated carbocycles. The Hall–Kier alpha value is -0.990. The summed E-state index contributed by atoms with van der Waals surface area (Å²) in [6.45, 7) is 4.39. The van der Waals surface area contributed by atoms with Gasteiger partial charge in [0.1, 0.15) is 0 Å². The number of urea groups is 1. The van der Waals surface area contributed by atoms with Gasteiger partial charge < -0.3 is 11.1 Å². The van der Waals surface area contributed by atoms with Gasteiger partial charge in [0.15, 0.2) is 0 Å². The van der Waals surface area contributed by atoms with E-state index in [1.165, 1.54) is 0 Å². The van der Waals surface area contributed by atoms with Crippen molar-refractivity contribution >= 4 is 6.03 Å². The van der Waals surface area contributed by atoms with E-state index in [1.54, 1.807) is 0 Å². The third-order valence-electron chi connectivity index (χ3n) is 1.03. The second-order valence-corrected chi connectivity index (χ2v) is 1.85. The highest BCUT2D eigenvalue weighted by Gasteiger charge is 1.89. The maximum absolute atomic E-state index is 10.1. The third-order valence-corrected chi connectivity index (χ3v) is 1.03. The third kappa shape index (κ3) is 4.87. The number of nitrogens with two attached hydrogens (primary N) is 1. The summed E-state index contributed by atoms with van der Waals surface area (Å²) in [4.78, 5) is 10.1. The van der Waals surface area contributed by atoms with Crippen LogP contribution in [0.3, 0.4) is 0 Å². The van der Waals surface area contributed by atoms with Crippen LogP contribution < -0.4 is 11.1 Å². The summed E-state index contributed by atoms with van der Waals surface area (Å²) >= 11 is 0. The number of nitrogens with one attached hydrogen (secondary N) is 1.